The summed E-state index contributed by atoms with van der Waals surface area (Å²) in [5, 5.41) is 10.6. The number of H-pyrrole nitrogens is 1. The Kier molecular flexibility index (Phi) is 4.76. The second kappa shape index (κ2) is 6.54. The number of aromatic nitrogens is 3. The number of nitrogens with one attached hydrogen (secondary N) is 2. The number of aryl methyl sites for hydroxylation is 1. The summed E-state index contributed by atoms with van der Waals surface area (Å²) >= 11 is 6.15. The predicted molar refractivity (Wildman–Crippen MR) is 74.6 cm³/mol. The van der Waals surface area contributed by atoms with E-state index in [1.165, 1.54) is 0 Å². The molecule has 0 aliphatic carbocycles. The van der Waals surface area contributed by atoms with Gasteiger partial charge in [-0.25, -0.2) is 4.98 Å². The molecule has 2 aromatic heterocycles. The van der Waals surface area contributed by atoms with Crippen LogP contribution in [0.3, 0.4) is 0 Å². The summed E-state index contributed by atoms with van der Waals surface area (Å²) in [5.41, 5.74) is 1.95. The van der Waals surface area contributed by atoms with Gasteiger partial charge in [-0.3, -0.25) is 5.10 Å². The first-order chi connectivity index (χ1) is 9.19. The maximum atomic E-state index is 6.15. The van der Waals surface area contributed by atoms with Crippen LogP contribution in [-0.2, 0) is 6.54 Å². The Morgan fingerprint density at radius 1 is 1.42 bits per heavy atom. The first kappa shape index (κ1) is 13.8. The summed E-state index contributed by atoms with van der Waals surface area (Å²) in [6.45, 7) is 5.75. The van der Waals surface area contributed by atoms with Crippen molar-refractivity contribution in [3.8, 4) is 11.8 Å². The fourth-order valence-electron chi connectivity index (χ4n) is 1.59. The zero-order valence-corrected chi connectivity index (χ0v) is 11.8. The van der Waals surface area contributed by atoms with E-state index in [0.717, 1.165) is 30.8 Å². The fraction of sp³-hybridized carbons (Fsp3) is 0.385. The summed E-state index contributed by atoms with van der Waals surface area (Å²) in [7, 11) is 0. The number of rotatable bonds is 6. The Morgan fingerprint density at radius 2 is 2.26 bits per heavy atom. The molecule has 5 nitrogen and oxygen atoms in total. The van der Waals surface area contributed by atoms with Crippen LogP contribution in [-0.4, -0.2) is 21.7 Å². The first-order valence-electron chi connectivity index (χ1n) is 6.24. The van der Waals surface area contributed by atoms with Gasteiger partial charge in [0, 0.05) is 24.5 Å². The molecule has 2 rings (SSSR count). The molecule has 6 heteroatoms. The van der Waals surface area contributed by atoms with Gasteiger partial charge in [0.25, 0.3) is 0 Å². The Hall–Kier alpha value is -1.59. The molecule has 0 aliphatic rings. The zero-order valence-electron chi connectivity index (χ0n) is 11.0. The average molecular weight is 281 g/mol. The molecule has 0 atom stereocenters. The van der Waals surface area contributed by atoms with Crippen LogP contribution < -0.4 is 10.1 Å². The van der Waals surface area contributed by atoms with Crippen molar-refractivity contribution in [1.29, 1.82) is 0 Å². The van der Waals surface area contributed by atoms with Crippen molar-refractivity contribution >= 4 is 11.6 Å². The van der Waals surface area contributed by atoms with Crippen LogP contribution in [0.5, 0.6) is 11.8 Å². The van der Waals surface area contributed by atoms with Gasteiger partial charge in [-0.1, -0.05) is 18.5 Å². The van der Waals surface area contributed by atoms with Gasteiger partial charge in [-0.05, 0) is 31.5 Å². The van der Waals surface area contributed by atoms with Crippen molar-refractivity contribution in [2.75, 3.05) is 6.54 Å². The highest BCUT2D eigenvalue weighted by molar-refractivity contribution is 6.31. The van der Waals surface area contributed by atoms with Gasteiger partial charge in [0.15, 0.2) is 0 Å². The molecular formula is C13H17ClN4O. The molecule has 0 amide bonds. The minimum atomic E-state index is 0.368. The molecule has 0 aromatic carbocycles. The van der Waals surface area contributed by atoms with Crippen molar-refractivity contribution < 1.29 is 4.74 Å². The van der Waals surface area contributed by atoms with E-state index in [4.69, 9.17) is 16.3 Å². The lowest BCUT2D eigenvalue weighted by Gasteiger charge is -2.06. The van der Waals surface area contributed by atoms with Crippen molar-refractivity contribution in [1.82, 2.24) is 20.5 Å². The quantitative estimate of drug-likeness (QED) is 0.798. The minimum absolute atomic E-state index is 0.368. The molecule has 19 heavy (non-hydrogen) atoms. The smallest absolute Gasteiger partial charge is 0.240 e. The van der Waals surface area contributed by atoms with E-state index >= 15 is 0 Å². The number of hydrogen-bond donors (Lipinski definition) is 2. The highest BCUT2D eigenvalue weighted by Crippen LogP contribution is 2.26. The molecule has 102 valence electrons. The first-order valence-corrected chi connectivity index (χ1v) is 6.62. The van der Waals surface area contributed by atoms with Crippen LogP contribution in [0, 0.1) is 6.92 Å². The van der Waals surface area contributed by atoms with E-state index in [0.29, 0.717) is 16.8 Å². The third-order valence-electron chi connectivity index (χ3n) is 2.50. The molecule has 0 saturated heterocycles. The van der Waals surface area contributed by atoms with Crippen LogP contribution in [0.15, 0.2) is 18.3 Å². The maximum absolute atomic E-state index is 6.15. The normalized spacial score (nSPS) is 10.7. The molecule has 0 fully saturated rings. The van der Waals surface area contributed by atoms with Crippen molar-refractivity contribution in [2.45, 2.75) is 26.8 Å². The highest BCUT2D eigenvalue weighted by Gasteiger charge is 2.08. The molecule has 2 N–H and O–H groups in total. The molecule has 0 saturated carbocycles. The molecule has 0 unspecified atom stereocenters. The van der Waals surface area contributed by atoms with Crippen molar-refractivity contribution in [2.24, 2.45) is 0 Å². The lowest BCUT2D eigenvalue weighted by Crippen LogP contribution is -2.13. The van der Waals surface area contributed by atoms with Crippen LogP contribution in [0.2, 0.25) is 5.02 Å². The van der Waals surface area contributed by atoms with Gasteiger partial charge in [0.05, 0.1) is 0 Å². The molecule has 2 aromatic rings. The van der Waals surface area contributed by atoms with Crippen LogP contribution in [0.4, 0.5) is 0 Å². The number of nitrogens with zero attached hydrogens (tertiary/aromatic N) is 2. The largest absolute Gasteiger partial charge is 0.417 e. The Labute approximate surface area is 117 Å². The Morgan fingerprint density at radius 3 is 2.89 bits per heavy atom. The molecule has 0 spiro atoms. The number of pyridine rings is 1. The van der Waals surface area contributed by atoms with E-state index in [-0.39, 0.29) is 0 Å². The van der Waals surface area contributed by atoms with E-state index < -0.39 is 0 Å². The lowest BCUT2D eigenvalue weighted by molar-refractivity contribution is 0.443. The highest BCUT2D eigenvalue weighted by atomic mass is 35.5. The van der Waals surface area contributed by atoms with Gasteiger partial charge in [0.1, 0.15) is 5.02 Å². The standard InChI is InChI=1S/C13H17ClN4O/c1-3-4-15-7-10-6-11(14)13(16-8-10)19-12-5-9(2)17-18-12/h5-6,8,15H,3-4,7H2,1-2H3,(H,17,18). The summed E-state index contributed by atoms with van der Waals surface area (Å²) in [5.74, 6) is 0.830. The predicted octanol–water partition coefficient (Wildman–Crippen LogP) is 3.06. The summed E-state index contributed by atoms with van der Waals surface area (Å²) in [6.07, 6.45) is 2.85. The van der Waals surface area contributed by atoms with E-state index in [1.807, 2.05) is 13.0 Å². The number of halogens is 1. The topological polar surface area (TPSA) is 62.8 Å². The zero-order chi connectivity index (χ0) is 13.7. The number of ether oxygens (including phenoxy) is 1. The van der Waals surface area contributed by atoms with Gasteiger partial charge in [0.2, 0.25) is 11.8 Å². The van der Waals surface area contributed by atoms with Gasteiger partial charge < -0.3 is 10.1 Å². The monoisotopic (exact) mass is 280 g/mol. The summed E-state index contributed by atoms with van der Waals surface area (Å²) in [6, 6.07) is 3.64. The van der Waals surface area contributed by atoms with Gasteiger partial charge >= 0.3 is 0 Å². The summed E-state index contributed by atoms with van der Waals surface area (Å²) < 4.78 is 5.50. The second-order valence-corrected chi connectivity index (χ2v) is 4.71. The van der Waals surface area contributed by atoms with Crippen LogP contribution >= 0.6 is 11.6 Å². The fourth-order valence-corrected chi connectivity index (χ4v) is 1.82. The number of hydrogen-bond acceptors (Lipinski definition) is 4. The molecule has 0 bridgehead atoms. The van der Waals surface area contributed by atoms with Crippen LogP contribution in [0.25, 0.3) is 0 Å². The maximum Gasteiger partial charge on any atom is 0.240 e. The molecule has 0 radical (unpaired) electrons. The van der Waals surface area contributed by atoms with Crippen molar-refractivity contribution in [3.63, 3.8) is 0 Å². The van der Waals surface area contributed by atoms with E-state index in [1.54, 1.807) is 12.3 Å². The molecule has 0 aliphatic heterocycles. The third-order valence-corrected chi connectivity index (χ3v) is 2.77. The molecular weight excluding hydrogens is 264 g/mol. The third kappa shape index (κ3) is 3.94. The Bertz CT molecular complexity index is 541. The average Bonchev–Trinajstić information content (AvgIpc) is 2.79. The summed E-state index contributed by atoms with van der Waals surface area (Å²) in [4.78, 5) is 4.21. The number of aromatic amines is 1. The van der Waals surface area contributed by atoms with Crippen molar-refractivity contribution in [3.05, 3.63) is 34.6 Å². The molecule has 2 heterocycles. The van der Waals surface area contributed by atoms with Gasteiger partial charge in [-0.2, -0.15) is 0 Å². The Balaban J connectivity index is 2.02. The lowest BCUT2D eigenvalue weighted by atomic mass is 10.3. The van der Waals surface area contributed by atoms with E-state index in [9.17, 15) is 0 Å². The minimum Gasteiger partial charge on any atom is -0.417 e. The second-order valence-electron chi connectivity index (χ2n) is 4.30. The van der Waals surface area contributed by atoms with E-state index in [2.05, 4.69) is 27.4 Å². The van der Waals surface area contributed by atoms with Gasteiger partial charge in [-0.15, -0.1) is 5.10 Å². The SMILES string of the molecule is CCCNCc1cnc(Oc2cc(C)[nH]n2)c(Cl)c1. The van der Waals surface area contributed by atoms with Crippen LogP contribution in [0.1, 0.15) is 24.6 Å².